The average molecular weight is 368 g/mol. The van der Waals surface area contributed by atoms with Gasteiger partial charge in [-0.05, 0) is 25.1 Å². The molecule has 0 atom stereocenters. The molecular weight excluding hydrogens is 352 g/mol. The van der Waals surface area contributed by atoms with E-state index in [1.54, 1.807) is 13.2 Å². The molecule has 0 aliphatic rings. The molecule has 0 spiro atoms. The minimum Gasteiger partial charge on any atom is -0.507 e. The van der Waals surface area contributed by atoms with Gasteiger partial charge in [0.25, 0.3) is 0 Å². The molecule has 3 aromatic rings. The van der Waals surface area contributed by atoms with Crippen molar-refractivity contribution < 1.29 is 43.1 Å². The van der Waals surface area contributed by atoms with Crippen LogP contribution in [0.15, 0.2) is 52.9 Å². The highest BCUT2D eigenvalue weighted by Gasteiger charge is 2.20. The number of phenolic OH excluding ortho intramolecular Hbond substituents is 1. The standard InChI is InChI=1S/C17H14O3.ClHO4/c1-11-14(18)10-16-13(17(11)19-2)8-9-15(20-16)12-6-4-3-5-7-12;2-1(3,4)5/h3-10H,1-2H3;(H,2,3,4,5)/p+1. The summed E-state index contributed by atoms with van der Waals surface area (Å²) in [5.74, 6) is 1.56. The number of fused-ring (bicyclic) bond motifs is 1. The second-order valence-corrected chi connectivity index (χ2v) is 5.82. The van der Waals surface area contributed by atoms with Gasteiger partial charge in [0.2, 0.25) is 0 Å². The van der Waals surface area contributed by atoms with Gasteiger partial charge in [0.05, 0.1) is 33.6 Å². The van der Waals surface area contributed by atoms with Crippen LogP contribution < -0.4 is 18.7 Å². The molecule has 132 valence electrons. The zero-order valence-electron chi connectivity index (χ0n) is 13.4. The van der Waals surface area contributed by atoms with Crippen molar-refractivity contribution in [3.63, 3.8) is 0 Å². The Morgan fingerprint density at radius 2 is 1.64 bits per heavy atom. The molecule has 1 aromatic heterocycles. The summed E-state index contributed by atoms with van der Waals surface area (Å²) < 4.78 is 44.0. The molecule has 25 heavy (non-hydrogen) atoms. The van der Waals surface area contributed by atoms with E-state index in [4.69, 9.17) is 27.8 Å². The van der Waals surface area contributed by atoms with E-state index >= 15 is 0 Å². The van der Waals surface area contributed by atoms with Crippen LogP contribution in [0.5, 0.6) is 11.5 Å². The van der Waals surface area contributed by atoms with Gasteiger partial charge in [-0.2, -0.15) is 14.0 Å². The predicted octanol–water partition coefficient (Wildman–Crippen LogP) is 0.280. The number of aromatic hydroxyl groups is 1. The largest absolute Gasteiger partial charge is 0.507 e. The normalized spacial score (nSPS) is 11.0. The maximum atomic E-state index is 9.95. The summed E-state index contributed by atoms with van der Waals surface area (Å²) in [6.07, 6.45) is 0. The van der Waals surface area contributed by atoms with Crippen molar-refractivity contribution >= 4 is 11.0 Å². The summed E-state index contributed by atoms with van der Waals surface area (Å²) in [6, 6.07) is 15.3. The SMILES string of the molecule is COc1c(C)c(O)cc2[o+]c(-c3ccccc3)ccc12.[O-][Cl+3]([O-])([O-])O. The van der Waals surface area contributed by atoms with Crippen LogP contribution in [-0.2, 0) is 0 Å². The van der Waals surface area contributed by atoms with Crippen LogP contribution in [0.3, 0.4) is 0 Å². The lowest BCUT2D eigenvalue weighted by molar-refractivity contribution is -1.92. The Hall–Kier alpha value is -2.42. The Bertz CT molecular complexity index is 854. The number of hydrogen-bond acceptors (Lipinski definition) is 6. The molecule has 0 aliphatic heterocycles. The van der Waals surface area contributed by atoms with E-state index in [1.807, 2.05) is 49.4 Å². The lowest BCUT2D eigenvalue weighted by Crippen LogP contribution is -2.58. The zero-order chi connectivity index (χ0) is 18.6. The van der Waals surface area contributed by atoms with Crippen LogP contribution in [0.2, 0.25) is 0 Å². The van der Waals surface area contributed by atoms with E-state index in [-0.39, 0.29) is 5.75 Å². The van der Waals surface area contributed by atoms with Crippen molar-refractivity contribution in [3.8, 4) is 22.8 Å². The molecule has 2 N–H and O–H groups in total. The number of methoxy groups -OCH3 is 1. The summed E-state index contributed by atoms with van der Waals surface area (Å²) in [6.45, 7) is 1.82. The summed E-state index contributed by atoms with van der Waals surface area (Å²) in [7, 11) is -3.10. The van der Waals surface area contributed by atoms with Crippen LogP contribution in [0.4, 0.5) is 0 Å². The number of rotatable bonds is 2. The maximum Gasteiger partial charge on any atom is 0.368 e. The average Bonchev–Trinajstić information content (AvgIpc) is 2.55. The highest BCUT2D eigenvalue weighted by molar-refractivity contribution is 5.88. The number of hydrogen-bond donors (Lipinski definition) is 2. The fourth-order valence-corrected chi connectivity index (χ4v) is 2.31. The Balaban J connectivity index is 0.000000399. The molecular formula is C17H16ClO7+. The topological polar surface area (TPSA) is 130 Å². The van der Waals surface area contributed by atoms with Gasteiger partial charge in [-0.25, -0.2) is 4.42 Å². The molecule has 0 aliphatic carbocycles. The number of phenols is 1. The molecule has 0 unspecified atom stereocenters. The molecule has 0 amide bonds. The molecule has 2 aromatic carbocycles. The lowest BCUT2D eigenvalue weighted by atomic mass is 10.1. The van der Waals surface area contributed by atoms with Gasteiger partial charge < -0.3 is 9.84 Å². The molecule has 0 fully saturated rings. The maximum absolute atomic E-state index is 9.95. The minimum atomic E-state index is -4.69. The number of ether oxygens (including phenoxy) is 1. The molecule has 0 bridgehead atoms. The molecule has 3 rings (SSSR count). The Labute approximate surface area is 145 Å². The summed E-state index contributed by atoms with van der Waals surface area (Å²) >= 11 is 0. The van der Waals surface area contributed by atoms with Crippen molar-refractivity contribution in [3.05, 3.63) is 54.1 Å². The molecule has 7 nitrogen and oxygen atoms in total. The van der Waals surface area contributed by atoms with Gasteiger partial charge in [0.1, 0.15) is 16.9 Å². The second-order valence-electron chi connectivity index (χ2n) is 5.03. The van der Waals surface area contributed by atoms with Gasteiger partial charge in [-0.1, -0.05) is 18.2 Å². The van der Waals surface area contributed by atoms with Crippen LogP contribution in [0.1, 0.15) is 5.56 Å². The smallest absolute Gasteiger partial charge is 0.368 e. The first-order valence-electron chi connectivity index (χ1n) is 7.02. The molecule has 0 radical (unpaired) electrons. The Kier molecular flexibility index (Phi) is 5.78. The quantitative estimate of drug-likeness (QED) is 0.622. The molecule has 0 saturated heterocycles. The van der Waals surface area contributed by atoms with E-state index in [0.29, 0.717) is 16.9 Å². The van der Waals surface area contributed by atoms with E-state index in [0.717, 1.165) is 16.7 Å². The number of halogens is 1. The fraction of sp³-hybridized carbons (Fsp3) is 0.118. The van der Waals surface area contributed by atoms with Gasteiger partial charge in [0, 0.05) is 11.6 Å². The first kappa shape index (κ1) is 18.9. The van der Waals surface area contributed by atoms with Crippen LogP contribution >= 0.6 is 0 Å². The number of benzene rings is 2. The van der Waals surface area contributed by atoms with Crippen LogP contribution in [0.25, 0.3) is 22.3 Å². The predicted molar refractivity (Wildman–Crippen MR) is 81.2 cm³/mol. The minimum absolute atomic E-state index is 0.170. The third-order valence-corrected chi connectivity index (χ3v) is 3.39. The van der Waals surface area contributed by atoms with Gasteiger partial charge in [-0.3, -0.25) is 0 Å². The van der Waals surface area contributed by atoms with Crippen LogP contribution in [0, 0.1) is 17.2 Å². The van der Waals surface area contributed by atoms with Gasteiger partial charge in [-0.15, -0.1) is 0 Å². The monoisotopic (exact) mass is 367 g/mol. The van der Waals surface area contributed by atoms with E-state index in [2.05, 4.69) is 0 Å². The zero-order valence-corrected chi connectivity index (χ0v) is 14.2. The second kappa shape index (κ2) is 7.64. The summed E-state index contributed by atoms with van der Waals surface area (Å²) in [4.78, 5) is 0. The fourth-order valence-electron chi connectivity index (χ4n) is 2.31. The molecule has 8 heteroatoms. The third-order valence-electron chi connectivity index (χ3n) is 3.39. The Morgan fingerprint density at radius 1 is 1.04 bits per heavy atom. The molecule has 1 heterocycles. The van der Waals surface area contributed by atoms with E-state index in [1.165, 1.54) is 0 Å². The van der Waals surface area contributed by atoms with Crippen LogP contribution in [-0.4, -0.2) is 16.9 Å². The summed E-state index contributed by atoms with van der Waals surface area (Å²) in [5, 5.41) is 10.8. The van der Waals surface area contributed by atoms with Gasteiger partial charge >= 0.3 is 11.3 Å². The van der Waals surface area contributed by atoms with E-state index < -0.39 is 10.2 Å². The van der Waals surface area contributed by atoms with Gasteiger partial charge in [0.15, 0.2) is 0 Å². The van der Waals surface area contributed by atoms with Crippen molar-refractivity contribution in [2.45, 2.75) is 6.92 Å². The third kappa shape index (κ3) is 5.02. The lowest BCUT2D eigenvalue weighted by Gasteiger charge is -2.06. The van der Waals surface area contributed by atoms with Crippen molar-refractivity contribution in [2.75, 3.05) is 7.11 Å². The first-order valence-corrected chi connectivity index (χ1v) is 8.29. The van der Waals surface area contributed by atoms with Crippen molar-refractivity contribution in [1.82, 2.24) is 0 Å². The first-order chi connectivity index (χ1) is 11.7. The Morgan fingerprint density at radius 3 is 2.20 bits per heavy atom. The van der Waals surface area contributed by atoms with Crippen molar-refractivity contribution in [2.24, 2.45) is 0 Å². The summed E-state index contributed by atoms with van der Waals surface area (Å²) in [5.41, 5.74) is 2.31. The van der Waals surface area contributed by atoms with E-state index in [9.17, 15) is 5.11 Å². The highest BCUT2D eigenvalue weighted by Crippen LogP contribution is 2.37. The van der Waals surface area contributed by atoms with Crippen molar-refractivity contribution in [1.29, 1.82) is 0 Å². The molecule has 0 saturated carbocycles. The highest BCUT2D eigenvalue weighted by atomic mass is 35.7.